The molecule has 0 spiro atoms. The highest BCUT2D eigenvalue weighted by atomic mass is 127. The summed E-state index contributed by atoms with van der Waals surface area (Å²) in [6, 6.07) is 11.7. The lowest BCUT2D eigenvalue weighted by Gasteiger charge is -2.17. The van der Waals surface area contributed by atoms with Gasteiger partial charge in [-0.25, -0.2) is 0 Å². The number of furan rings is 1. The zero-order valence-corrected chi connectivity index (χ0v) is 20.0. The third-order valence-electron chi connectivity index (χ3n) is 4.93. The first-order valence-corrected chi connectivity index (χ1v) is 10.9. The first kappa shape index (κ1) is 23.6. The Bertz CT molecular complexity index is 798. The Balaban J connectivity index is 0.00000300. The molecule has 3 N–H and O–H groups in total. The summed E-state index contributed by atoms with van der Waals surface area (Å²) in [5, 5.41) is 10.5. The minimum Gasteiger partial charge on any atom is -0.467 e. The van der Waals surface area contributed by atoms with Crippen LogP contribution in [0.25, 0.3) is 0 Å². The maximum Gasteiger partial charge on any atom is 0.251 e. The Morgan fingerprint density at radius 1 is 1.21 bits per heavy atom. The molecule has 0 aliphatic heterocycles. The van der Waals surface area contributed by atoms with Crippen molar-refractivity contribution < 1.29 is 9.21 Å². The fourth-order valence-electron chi connectivity index (χ4n) is 3.36. The third kappa shape index (κ3) is 7.26. The van der Waals surface area contributed by atoms with E-state index in [0.717, 1.165) is 22.5 Å². The fourth-order valence-corrected chi connectivity index (χ4v) is 4.16. The van der Waals surface area contributed by atoms with Crippen LogP contribution in [-0.4, -0.2) is 36.5 Å². The van der Waals surface area contributed by atoms with E-state index in [0.29, 0.717) is 24.7 Å². The standard InChI is InChI=1S/C21H28N4O2S.HI/c1-22-21(25-17-8-9-19(12-17)28-2)24-13-15-5-3-6-16(11-15)20(26)23-14-18-7-4-10-27-18;/h3-7,10-11,17,19H,8-9,12-14H2,1-2H3,(H,23,26)(H2,22,24,25);1H. The van der Waals surface area contributed by atoms with Crippen molar-refractivity contribution in [3.63, 3.8) is 0 Å². The molecule has 6 nitrogen and oxygen atoms in total. The predicted molar refractivity (Wildman–Crippen MR) is 130 cm³/mol. The summed E-state index contributed by atoms with van der Waals surface area (Å²) < 4.78 is 5.24. The van der Waals surface area contributed by atoms with Gasteiger partial charge in [0.1, 0.15) is 5.76 Å². The van der Waals surface area contributed by atoms with Gasteiger partial charge in [0.05, 0.1) is 12.8 Å². The van der Waals surface area contributed by atoms with Gasteiger partial charge in [-0.3, -0.25) is 9.79 Å². The maximum atomic E-state index is 12.4. The number of nitrogens with zero attached hydrogens (tertiary/aromatic N) is 1. The molecule has 8 heteroatoms. The van der Waals surface area contributed by atoms with Crippen molar-refractivity contribution in [2.75, 3.05) is 13.3 Å². The summed E-state index contributed by atoms with van der Waals surface area (Å²) in [7, 11) is 1.79. The Morgan fingerprint density at radius 3 is 2.76 bits per heavy atom. The van der Waals surface area contributed by atoms with Gasteiger partial charge in [-0.15, -0.1) is 24.0 Å². The first-order chi connectivity index (χ1) is 13.7. The van der Waals surface area contributed by atoms with E-state index in [2.05, 4.69) is 27.2 Å². The summed E-state index contributed by atoms with van der Waals surface area (Å²) >= 11 is 1.94. The molecule has 3 rings (SSSR count). The van der Waals surface area contributed by atoms with Gasteiger partial charge in [0.2, 0.25) is 0 Å². The van der Waals surface area contributed by atoms with E-state index in [1.807, 2.05) is 48.2 Å². The number of rotatable bonds is 7. The van der Waals surface area contributed by atoms with Gasteiger partial charge >= 0.3 is 0 Å². The second kappa shape index (κ2) is 12.1. The highest BCUT2D eigenvalue weighted by molar-refractivity contribution is 14.0. The van der Waals surface area contributed by atoms with Crippen LogP contribution in [0.1, 0.15) is 40.9 Å². The highest BCUT2D eigenvalue weighted by Crippen LogP contribution is 2.28. The van der Waals surface area contributed by atoms with Gasteiger partial charge in [-0.2, -0.15) is 11.8 Å². The van der Waals surface area contributed by atoms with Crippen LogP contribution in [-0.2, 0) is 13.1 Å². The number of carbonyl (C=O) groups excluding carboxylic acids is 1. The molecule has 29 heavy (non-hydrogen) atoms. The normalized spacial score (nSPS) is 18.8. The van der Waals surface area contributed by atoms with Crippen molar-refractivity contribution in [1.29, 1.82) is 0 Å². The molecule has 2 atom stereocenters. The molecule has 1 aliphatic carbocycles. The van der Waals surface area contributed by atoms with E-state index in [4.69, 9.17) is 4.42 Å². The number of halogens is 1. The fraction of sp³-hybridized carbons (Fsp3) is 0.429. The molecule has 0 saturated heterocycles. The Kier molecular flexibility index (Phi) is 9.86. The van der Waals surface area contributed by atoms with Crippen molar-refractivity contribution in [3.05, 3.63) is 59.5 Å². The van der Waals surface area contributed by atoms with E-state index < -0.39 is 0 Å². The Labute approximate surface area is 193 Å². The van der Waals surface area contributed by atoms with Crippen LogP contribution in [0.15, 0.2) is 52.1 Å². The van der Waals surface area contributed by atoms with Crippen LogP contribution in [0.4, 0.5) is 0 Å². The summed E-state index contributed by atoms with van der Waals surface area (Å²) in [5.74, 6) is 1.42. The molecule has 1 heterocycles. The van der Waals surface area contributed by atoms with Crippen LogP contribution in [0.3, 0.4) is 0 Å². The minimum absolute atomic E-state index is 0. The summed E-state index contributed by atoms with van der Waals surface area (Å²) in [6.07, 6.45) is 7.38. The predicted octanol–water partition coefficient (Wildman–Crippen LogP) is 3.78. The number of benzene rings is 1. The number of hydrogen-bond acceptors (Lipinski definition) is 4. The van der Waals surface area contributed by atoms with Crippen LogP contribution in [0, 0.1) is 0 Å². The third-order valence-corrected chi connectivity index (χ3v) is 6.03. The lowest BCUT2D eigenvalue weighted by atomic mass is 10.1. The SMILES string of the molecule is CN=C(NCc1cccc(C(=O)NCc2ccco2)c1)NC1CCC(SC)C1.I. The number of carbonyl (C=O) groups is 1. The summed E-state index contributed by atoms with van der Waals surface area (Å²) in [5.41, 5.74) is 1.66. The topological polar surface area (TPSA) is 78.7 Å². The number of aliphatic imine (C=N–C) groups is 1. The molecule has 1 aromatic carbocycles. The molecule has 1 fully saturated rings. The van der Waals surface area contributed by atoms with E-state index in [1.165, 1.54) is 19.3 Å². The second-order valence-corrected chi connectivity index (χ2v) is 8.04. The molecule has 2 unspecified atom stereocenters. The molecule has 1 saturated carbocycles. The molecule has 158 valence electrons. The van der Waals surface area contributed by atoms with Gasteiger partial charge in [0.25, 0.3) is 5.91 Å². The average Bonchev–Trinajstić information content (AvgIpc) is 3.41. The summed E-state index contributed by atoms with van der Waals surface area (Å²) in [4.78, 5) is 16.7. The van der Waals surface area contributed by atoms with Crippen LogP contribution in [0.2, 0.25) is 0 Å². The lowest BCUT2D eigenvalue weighted by molar-refractivity contribution is 0.0948. The average molecular weight is 528 g/mol. The zero-order valence-electron chi connectivity index (χ0n) is 16.8. The van der Waals surface area contributed by atoms with Crippen molar-refractivity contribution in [2.24, 2.45) is 4.99 Å². The van der Waals surface area contributed by atoms with Gasteiger partial charge in [0, 0.05) is 30.4 Å². The smallest absolute Gasteiger partial charge is 0.251 e. The zero-order chi connectivity index (χ0) is 19.8. The van der Waals surface area contributed by atoms with Crippen LogP contribution < -0.4 is 16.0 Å². The van der Waals surface area contributed by atoms with E-state index >= 15 is 0 Å². The molecule has 2 aromatic rings. The molecule has 1 amide bonds. The van der Waals surface area contributed by atoms with Crippen LogP contribution in [0.5, 0.6) is 0 Å². The molecule has 0 bridgehead atoms. The number of nitrogens with one attached hydrogen (secondary N) is 3. The molecule has 1 aromatic heterocycles. The summed E-state index contributed by atoms with van der Waals surface area (Å²) in [6.45, 7) is 0.987. The number of guanidine groups is 1. The van der Waals surface area contributed by atoms with Gasteiger partial charge in [-0.05, 0) is 55.3 Å². The monoisotopic (exact) mass is 528 g/mol. The number of amides is 1. The van der Waals surface area contributed by atoms with E-state index in [1.54, 1.807) is 13.3 Å². The minimum atomic E-state index is -0.116. The Morgan fingerprint density at radius 2 is 2.07 bits per heavy atom. The van der Waals surface area contributed by atoms with Crippen molar-refractivity contribution in [3.8, 4) is 0 Å². The quantitative estimate of drug-likeness (QED) is 0.290. The van der Waals surface area contributed by atoms with E-state index in [-0.39, 0.29) is 29.9 Å². The largest absolute Gasteiger partial charge is 0.467 e. The van der Waals surface area contributed by atoms with Crippen molar-refractivity contribution in [2.45, 2.75) is 43.6 Å². The lowest BCUT2D eigenvalue weighted by Crippen LogP contribution is -2.42. The van der Waals surface area contributed by atoms with Gasteiger partial charge in [0.15, 0.2) is 5.96 Å². The second-order valence-electron chi connectivity index (χ2n) is 6.90. The first-order valence-electron chi connectivity index (χ1n) is 9.57. The Hall–Kier alpha value is -1.68. The van der Waals surface area contributed by atoms with Gasteiger partial charge < -0.3 is 20.4 Å². The van der Waals surface area contributed by atoms with Gasteiger partial charge in [-0.1, -0.05) is 12.1 Å². The maximum absolute atomic E-state index is 12.4. The molecule has 1 aliphatic rings. The molecule has 0 radical (unpaired) electrons. The molecular formula is C21H29IN4O2S. The number of thioether (sulfide) groups is 1. The van der Waals surface area contributed by atoms with Crippen molar-refractivity contribution >= 4 is 47.6 Å². The van der Waals surface area contributed by atoms with Crippen LogP contribution >= 0.6 is 35.7 Å². The van der Waals surface area contributed by atoms with E-state index in [9.17, 15) is 4.79 Å². The highest BCUT2D eigenvalue weighted by Gasteiger charge is 2.24. The number of hydrogen-bond donors (Lipinski definition) is 3. The molecular weight excluding hydrogens is 499 g/mol. The van der Waals surface area contributed by atoms with Crippen molar-refractivity contribution in [1.82, 2.24) is 16.0 Å².